The molecule has 0 N–H and O–H groups in total. The average molecular weight is 443 g/mol. The van der Waals surface area contributed by atoms with Gasteiger partial charge in [-0.1, -0.05) is 35.3 Å². The summed E-state index contributed by atoms with van der Waals surface area (Å²) in [6.07, 6.45) is 0. The number of halogens is 2. The van der Waals surface area contributed by atoms with Gasteiger partial charge in [0.15, 0.2) is 5.78 Å². The second-order valence-electron chi connectivity index (χ2n) is 6.38. The van der Waals surface area contributed by atoms with Crippen molar-refractivity contribution >= 4 is 39.0 Å². The fraction of sp³-hybridized carbons (Fsp3) is 0.316. The number of Topliss-reactive ketones (excluding diaryl/α,β-unsaturated/α-hetero) is 1. The summed E-state index contributed by atoms with van der Waals surface area (Å²) in [5.74, 6) is 0.468. The third kappa shape index (κ3) is 4.50. The maximum absolute atomic E-state index is 12.9. The Morgan fingerprint density at radius 1 is 1.07 bits per heavy atom. The molecule has 2 aromatic carbocycles. The van der Waals surface area contributed by atoms with E-state index >= 15 is 0 Å². The van der Waals surface area contributed by atoms with Crippen molar-refractivity contribution in [3.05, 3.63) is 58.1 Å². The van der Waals surface area contributed by atoms with Crippen LogP contribution in [-0.2, 0) is 10.0 Å². The molecule has 1 heterocycles. The highest BCUT2D eigenvalue weighted by Gasteiger charge is 2.31. The first-order valence-electron chi connectivity index (χ1n) is 8.66. The Morgan fingerprint density at radius 3 is 2.43 bits per heavy atom. The second-order valence-corrected chi connectivity index (χ2v) is 9.13. The molecule has 6 nitrogen and oxygen atoms in total. The highest BCUT2D eigenvalue weighted by Crippen LogP contribution is 2.28. The standard InChI is InChI=1S/C19H20Cl2N2O4S/c1-27-18-5-3-2-4-15(18)17(24)13-22-8-10-23(11-9-22)28(25,26)19-12-14(20)6-7-16(19)21/h2-7,12H,8-11,13H2,1H3. The third-order valence-corrected chi connectivity index (χ3v) is 7.23. The number of carbonyl (C=O) groups is 1. The van der Waals surface area contributed by atoms with E-state index in [4.69, 9.17) is 27.9 Å². The van der Waals surface area contributed by atoms with E-state index in [1.165, 1.54) is 23.5 Å². The van der Waals surface area contributed by atoms with Gasteiger partial charge in [0.25, 0.3) is 0 Å². The summed E-state index contributed by atoms with van der Waals surface area (Å²) < 4.78 is 32.4. The van der Waals surface area contributed by atoms with E-state index in [0.717, 1.165) is 0 Å². The lowest BCUT2D eigenvalue weighted by molar-refractivity contribution is 0.0899. The lowest BCUT2D eigenvalue weighted by atomic mass is 10.1. The minimum atomic E-state index is -3.74. The molecule has 0 amide bonds. The number of benzene rings is 2. The van der Waals surface area contributed by atoms with Crippen molar-refractivity contribution in [1.82, 2.24) is 9.21 Å². The monoisotopic (exact) mass is 442 g/mol. The van der Waals surface area contributed by atoms with Crippen molar-refractivity contribution in [3.8, 4) is 5.75 Å². The fourth-order valence-electron chi connectivity index (χ4n) is 3.11. The number of nitrogens with zero attached hydrogens (tertiary/aromatic N) is 2. The number of rotatable bonds is 6. The zero-order valence-electron chi connectivity index (χ0n) is 15.3. The van der Waals surface area contributed by atoms with Gasteiger partial charge in [-0.3, -0.25) is 9.69 Å². The van der Waals surface area contributed by atoms with Gasteiger partial charge in [-0.05, 0) is 30.3 Å². The minimum Gasteiger partial charge on any atom is -0.496 e. The number of carbonyl (C=O) groups excluding carboxylic acids is 1. The maximum atomic E-state index is 12.9. The van der Waals surface area contributed by atoms with Crippen LogP contribution in [0.3, 0.4) is 0 Å². The van der Waals surface area contributed by atoms with Gasteiger partial charge in [0.05, 0.1) is 24.2 Å². The molecule has 0 saturated carbocycles. The van der Waals surface area contributed by atoms with E-state index in [1.807, 2.05) is 4.90 Å². The van der Waals surface area contributed by atoms with E-state index in [9.17, 15) is 13.2 Å². The number of hydrogen-bond donors (Lipinski definition) is 0. The van der Waals surface area contributed by atoms with Crippen LogP contribution < -0.4 is 4.74 Å². The largest absolute Gasteiger partial charge is 0.496 e. The number of piperazine rings is 1. The Bertz CT molecular complexity index is 974. The zero-order valence-corrected chi connectivity index (χ0v) is 17.6. The van der Waals surface area contributed by atoms with Crippen LogP contribution in [-0.4, -0.2) is 63.2 Å². The Labute approximate surface area is 174 Å². The first-order valence-corrected chi connectivity index (χ1v) is 10.9. The van der Waals surface area contributed by atoms with Crippen molar-refractivity contribution in [2.75, 3.05) is 39.8 Å². The summed E-state index contributed by atoms with van der Waals surface area (Å²) in [5, 5.41) is 0.446. The van der Waals surface area contributed by atoms with Gasteiger partial charge in [0.2, 0.25) is 10.0 Å². The molecule has 0 aliphatic carbocycles. The van der Waals surface area contributed by atoms with Crippen molar-refractivity contribution in [3.63, 3.8) is 0 Å². The van der Waals surface area contributed by atoms with Crippen molar-refractivity contribution < 1.29 is 17.9 Å². The first-order chi connectivity index (χ1) is 13.3. The van der Waals surface area contributed by atoms with E-state index in [2.05, 4.69) is 0 Å². The topological polar surface area (TPSA) is 66.9 Å². The lowest BCUT2D eigenvalue weighted by Gasteiger charge is -2.33. The average Bonchev–Trinajstić information content (AvgIpc) is 2.70. The molecule has 3 rings (SSSR count). The molecular formula is C19H20Cl2N2O4S. The van der Waals surface area contributed by atoms with Gasteiger partial charge in [0.1, 0.15) is 10.6 Å². The number of para-hydroxylation sites is 1. The van der Waals surface area contributed by atoms with Gasteiger partial charge in [0, 0.05) is 31.2 Å². The van der Waals surface area contributed by atoms with E-state index < -0.39 is 10.0 Å². The summed E-state index contributed by atoms with van der Waals surface area (Å²) in [7, 11) is -2.22. The molecule has 0 unspecified atom stereocenters. The van der Waals surface area contributed by atoms with Crippen LogP contribution in [0, 0.1) is 0 Å². The van der Waals surface area contributed by atoms with Gasteiger partial charge in [-0.25, -0.2) is 8.42 Å². The molecule has 150 valence electrons. The normalized spacial score (nSPS) is 16.1. The maximum Gasteiger partial charge on any atom is 0.244 e. The third-order valence-electron chi connectivity index (χ3n) is 4.62. The highest BCUT2D eigenvalue weighted by atomic mass is 35.5. The summed E-state index contributed by atoms with van der Waals surface area (Å²) in [6, 6.07) is 11.4. The second kappa shape index (κ2) is 8.80. The van der Waals surface area contributed by atoms with Crippen molar-refractivity contribution in [2.45, 2.75) is 4.90 Å². The zero-order chi connectivity index (χ0) is 20.3. The van der Waals surface area contributed by atoms with Crippen molar-refractivity contribution in [1.29, 1.82) is 0 Å². The number of ether oxygens (including phenoxy) is 1. The van der Waals surface area contributed by atoms with E-state index in [1.54, 1.807) is 30.3 Å². The smallest absolute Gasteiger partial charge is 0.244 e. The summed E-state index contributed by atoms with van der Waals surface area (Å²) in [5.41, 5.74) is 0.519. The van der Waals surface area contributed by atoms with Crippen LogP contribution >= 0.6 is 23.2 Å². The minimum absolute atomic E-state index is 0.000199. The fourth-order valence-corrected chi connectivity index (χ4v) is 5.26. The molecular weight excluding hydrogens is 423 g/mol. The number of sulfonamides is 1. The Hall–Kier alpha value is -1.64. The van der Waals surface area contributed by atoms with Gasteiger partial charge < -0.3 is 4.74 Å². The van der Waals surface area contributed by atoms with Crippen LogP contribution in [0.4, 0.5) is 0 Å². The molecule has 0 aromatic heterocycles. The molecule has 1 aliphatic rings. The summed E-state index contributed by atoms with van der Waals surface area (Å²) in [6.45, 7) is 1.62. The molecule has 0 bridgehead atoms. The molecule has 0 radical (unpaired) electrons. The van der Waals surface area contributed by atoms with E-state index in [-0.39, 0.29) is 35.3 Å². The molecule has 9 heteroatoms. The predicted octanol–water partition coefficient (Wildman–Crippen LogP) is 3.19. The van der Waals surface area contributed by atoms with Crippen LogP contribution in [0.5, 0.6) is 5.75 Å². The SMILES string of the molecule is COc1ccccc1C(=O)CN1CCN(S(=O)(=O)c2cc(Cl)ccc2Cl)CC1. The van der Waals surface area contributed by atoms with Crippen LogP contribution in [0.15, 0.2) is 47.4 Å². The number of hydrogen-bond acceptors (Lipinski definition) is 5. The van der Waals surface area contributed by atoms with Crippen LogP contribution in [0.25, 0.3) is 0 Å². The van der Waals surface area contributed by atoms with Gasteiger partial charge >= 0.3 is 0 Å². The molecule has 1 aliphatic heterocycles. The Morgan fingerprint density at radius 2 is 1.75 bits per heavy atom. The van der Waals surface area contributed by atoms with E-state index in [0.29, 0.717) is 29.4 Å². The summed E-state index contributed by atoms with van der Waals surface area (Å²) >= 11 is 12.0. The molecule has 0 atom stereocenters. The number of methoxy groups -OCH3 is 1. The lowest BCUT2D eigenvalue weighted by Crippen LogP contribution is -2.49. The van der Waals surface area contributed by atoms with Crippen LogP contribution in [0.1, 0.15) is 10.4 Å². The predicted molar refractivity (Wildman–Crippen MR) is 109 cm³/mol. The molecule has 0 spiro atoms. The molecule has 1 saturated heterocycles. The Balaban J connectivity index is 1.66. The summed E-state index contributed by atoms with van der Waals surface area (Å²) in [4.78, 5) is 14.5. The van der Waals surface area contributed by atoms with Gasteiger partial charge in [-0.2, -0.15) is 4.31 Å². The number of ketones is 1. The van der Waals surface area contributed by atoms with Crippen LogP contribution in [0.2, 0.25) is 10.0 Å². The highest BCUT2D eigenvalue weighted by molar-refractivity contribution is 7.89. The molecule has 2 aromatic rings. The van der Waals surface area contributed by atoms with Gasteiger partial charge in [-0.15, -0.1) is 0 Å². The first kappa shape index (κ1) is 21.1. The molecule has 1 fully saturated rings. The Kier molecular flexibility index (Phi) is 6.62. The quantitative estimate of drug-likeness (QED) is 0.642. The molecule has 28 heavy (non-hydrogen) atoms. The van der Waals surface area contributed by atoms with Crippen molar-refractivity contribution in [2.24, 2.45) is 0 Å².